The van der Waals surface area contributed by atoms with E-state index in [9.17, 15) is 9.59 Å². The minimum Gasteiger partial charge on any atom is -0.469 e. The van der Waals surface area contributed by atoms with Crippen molar-refractivity contribution in [1.29, 1.82) is 0 Å². The molecule has 6 nitrogen and oxygen atoms in total. The average Bonchev–Trinajstić information content (AvgIpc) is 3.09. The van der Waals surface area contributed by atoms with Crippen LogP contribution in [0.3, 0.4) is 0 Å². The van der Waals surface area contributed by atoms with E-state index in [-0.39, 0.29) is 18.2 Å². The van der Waals surface area contributed by atoms with Crippen LogP contribution in [0.1, 0.15) is 5.76 Å². The van der Waals surface area contributed by atoms with Gasteiger partial charge in [-0.1, -0.05) is 11.3 Å². The van der Waals surface area contributed by atoms with Crippen molar-refractivity contribution in [2.24, 2.45) is 0 Å². The van der Waals surface area contributed by atoms with E-state index >= 15 is 0 Å². The molecule has 0 radical (unpaired) electrons. The molecule has 2 aromatic heterocycles. The molecule has 2 rings (SSSR count). The molecule has 0 spiro atoms. The van der Waals surface area contributed by atoms with Crippen molar-refractivity contribution in [3.05, 3.63) is 34.1 Å². The smallest absolute Gasteiger partial charge is 0.249 e. The number of amides is 2. The number of hydrogen-bond donors (Lipinski definition) is 2. The summed E-state index contributed by atoms with van der Waals surface area (Å²) in [6, 6.07) is 2.66. The SMILES string of the molecule is O=C(CCl)NC(Cc1ccco1)C(=O)Nc1ncc(Br)s1. The van der Waals surface area contributed by atoms with E-state index < -0.39 is 11.9 Å². The Hall–Kier alpha value is -1.38. The lowest BCUT2D eigenvalue weighted by atomic mass is 10.1. The van der Waals surface area contributed by atoms with E-state index in [2.05, 4.69) is 31.5 Å². The van der Waals surface area contributed by atoms with Gasteiger partial charge in [0.1, 0.15) is 17.7 Å². The van der Waals surface area contributed by atoms with Crippen LogP contribution in [0.15, 0.2) is 32.8 Å². The zero-order chi connectivity index (χ0) is 15.2. The Morgan fingerprint density at radius 1 is 1.52 bits per heavy atom. The maximum absolute atomic E-state index is 12.2. The molecule has 0 saturated carbocycles. The molecule has 2 heterocycles. The van der Waals surface area contributed by atoms with Gasteiger partial charge in [-0.2, -0.15) is 0 Å². The summed E-state index contributed by atoms with van der Waals surface area (Å²) in [5.74, 6) is -0.439. The average molecular weight is 393 g/mol. The quantitative estimate of drug-likeness (QED) is 0.739. The normalized spacial score (nSPS) is 11.9. The Labute approximate surface area is 138 Å². The molecule has 1 atom stereocenters. The van der Waals surface area contributed by atoms with Gasteiger partial charge in [-0.15, -0.1) is 11.6 Å². The number of furan rings is 1. The van der Waals surface area contributed by atoms with Crippen LogP contribution in [-0.4, -0.2) is 28.7 Å². The predicted molar refractivity (Wildman–Crippen MR) is 83.5 cm³/mol. The van der Waals surface area contributed by atoms with Crippen molar-refractivity contribution in [3.63, 3.8) is 0 Å². The van der Waals surface area contributed by atoms with Gasteiger partial charge in [0.05, 0.1) is 16.2 Å². The van der Waals surface area contributed by atoms with E-state index in [1.165, 1.54) is 17.6 Å². The van der Waals surface area contributed by atoms with Crippen LogP contribution in [0.25, 0.3) is 0 Å². The van der Waals surface area contributed by atoms with Crippen molar-refractivity contribution in [2.45, 2.75) is 12.5 Å². The van der Waals surface area contributed by atoms with Gasteiger partial charge in [0, 0.05) is 6.42 Å². The van der Waals surface area contributed by atoms with Gasteiger partial charge < -0.3 is 15.1 Å². The van der Waals surface area contributed by atoms with E-state index in [0.717, 1.165) is 3.79 Å². The molecule has 0 aliphatic heterocycles. The van der Waals surface area contributed by atoms with Gasteiger partial charge in [-0.05, 0) is 28.1 Å². The summed E-state index contributed by atoms with van der Waals surface area (Å²) in [4.78, 5) is 27.7. The van der Waals surface area contributed by atoms with Gasteiger partial charge in [0.2, 0.25) is 11.8 Å². The monoisotopic (exact) mass is 391 g/mol. The maximum atomic E-state index is 12.2. The second kappa shape index (κ2) is 7.58. The standard InChI is InChI=1S/C12H11BrClN3O3S/c13-9-6-15-12(21-9)17-11(19)8(16-10(18)5-14)4-7-2-1-3-20-7/h1-3,6,8H,4-5H2,(H,16,18)(H,15,17,19). The minimum atomic E-state index is -0.787. The summed E-state index contributed by atoms with van der Waals surface area (Å²) < 4.78 is 6.00. The van der Waals surface area contributed by atoms with E-state index in [4.69, 9.17) is 16.0 Å². The first-order chi connectivity index (χ1) is 10.1. The number of nitrogens with one attached hydrogen (secondary N) is 2. The second-order valence-electron chi connectivity index (χ2n) is 4.00. The number of anilines is 1. The van der Waals surface area contributed by atoms with Gasteiger partial charge in [0.15, 0.2) is 5.13 Å². The number of rotatable bonds is 6. The predicted octanol–water partition coefficient (Wildman–Crippen LogP) is 2.40. The lowest BCUT2D eigenvalue weighted by molar-refractivity contribution is -0.125. The fourth-order valence-corrected chi connectivity index (χ4v) is 2.76. The van der Waals surface area contributed by atoms with Crippen molar-refractivity contribution >= 4 is 55.8 Å². The third-order valence-corrected chi connectivity index (χ3v) is 4.10. The topological polar surface area (TPSA) is 84.2 Å². The van der Waals surface area contributed by atoms with Gasteiger partial charge in [-0.3, -0.25) is 9.59 Å². The van der Waals surface area contributed by atoms with Crippen LogP contribution >= 0.6 is 38.9 Å². The van der Waals surface area contributed by atoms with E-state index in [0.29, 0.717) is 10.9 Å². The second-order valence-corrected chi connectivity index (χ2v) is 6.67. The Morgan fingerprint density at radius 3 is 2.90 bits per heavy atom. The summed E-state index contributed by atoms with van der Waals surface area (Å²) in [6.45, 7) is 0. The first-order valence-corrected chi connectivity index (χ1v) is 8.03. The highest BCUT2D eigenvalue weighted by Crippen LogP contribution is 2.23. The van der Waals surface area contributed by atoms with Crippen molar-refractivity contribution < 1.29 is 14.0 Å². The molecule has 2 aromatic rings. The molecule has 0 aliphatic carbocycles. The molecule has 0 saturated heterocycles. The Morgan fingerprint density at radius 2 is 2.33 bits per heavy atom. The number of nitrogens with zero attached hydrogens (tertiary/aromatic N) is 1. The molecule has 0 aromatic carbocycles. The lowest BCUT2D eigenvalue weighted by Crippen LogP contribution is -2.45. The fraction of sp³-hybridized carbons (Fsp3) is 0.250. The summed E-state index contributed by atoms with van der Waals surface area (Å²) in [6.07, 6.45) is 3.32. The summed E-state index contributed by atoms with van der Waals surface area (Å²) in [5.41, 5.74) is 0. The van der Waals surface area contributed by atoms with E-state index in [1.807, 2.05) is 0 Å². The Bertz CT molecular complexity index is 617. The van der Waals surface area contributed by atoms with Crippen molar-refractivity contribution in [3.8, 4) is 0 Å². The molecule has 1 unspecified atom stereocenters. The van der Waals surface area contributed by atoms with Gasteiger partial charge in [-0.25, -0.2) is 4.98 Å². The summed E-state index contributed by atoms with van der Waals surface area (Å²) in [5, 5.41) is 5.64. The molecule has 2 N–H and O–H groups in total. The lowest BCUT2D eigenvalue weighted by Gasteiger charge is -2.16. The molecule has 9 heteroatoms. The molecule has 0 aliphatic rings. The first-order valence-electron chi connectivity index (χ1n) is 5.88. The number of halogens is 2. The van der Waals surface area contributed by atoms with Crippen molar-refractivity contribution in [2.75, 3.05) is 11.2 Å². The van der Waals surface area contributed by atoms with Crippen LogP contribution in [0.5, 0.6) is 0 Å². The fourth-order valence-electron chi connectivity index (χ4n) is 1.58. The summed E-state index contributed by atoms with van der Waals surface area (Å²) >= 11 is 10.0. The number of thiazole rings is 1. The Kier molecular flexibility index (Phi) is 5.77. The highest BCUT2D eigenvalue weighted by atomic mass is 79.9. The zero-order valence-corrected chi connectivity index (χ0v) is 13.8. The third-order valence-electron chi connectivity index (χ3n) is 2.47. The molecule has 21 heavy (non-hydrogen) atoms. The highest BCUT2D eigenvalue weighted by molar-refractivity contribution is 9.11. The molecule has 2 amide bonds. The Balaban J connectivity index is 2.05. The van der Waals surface area contributed by atoms with Gasteiger partial charge >= 0.3 is 0 Å². The number of carbonyl (C=O) groups excluding carboxylic acids is 2. The summed E-state index contributed by atoms with van der Waals surface area (Å²) in [7, 11) is 0. The van der Waals surface area contributed by atoms with Crippen molar-refractivity contribution in [1.82, 2.24) is 10.3 Å². The third kappa shape index (κ3) is 4.83. The van der Waals surface area contributed by atoms with Crippen LogP contribution in [0.2, 0.25) is 0 Å². The molecule has 0 bridgehead atoms. The maximum Gasteiger partial charge on any atom is 0.249 e. The van der Waals surface area contributed by atoms with Crippen LogP contribution in [0.4, 0.5) is 5.13 Å². The van der Waals surface area contributed by atoms with Crippen LogP contribution in [0, 0.1) is 0 Å². The number of hydrogen-bond acceptors (Lipinski definition) is 5. The van der Waals surface area contributed by atoms with Gasteiger partial charge in [0.25, 0.3) is 0 Å². The molecular formula is C12H11BrClN3O3S. The molecule has 112 valence electrons. The van der Waals surface area contributed by atoms with Crippen LogP contribution < -0.4 is 10.6 Å². The minimum absolute atomic E-state index is 0.218. The molecule has 0 fully saturated rings. The number of alkyl halides is 1. The zero-order valence-electron chi connectivity index (χ0n) is 10.6. The first kappa shape index (κ1) is 16.0. The van der Waals surface area contributed by atoms with E-state index in [1.54, 1.807) is 18.3 Å². The van der Waals surface area contributed by atoms with Crippen LogP contribution in [-0.2, 0) is 16.0 Å². The number of aromatic nitrogens is 1. The molecular weight excluding hydrogens is 382 g/mol. The largest absolute Gasteiger partial charge is 0.469 e. The highest BCUT2D eigenvalue weighted by Gasteiger charge is 2.23. The number of carbonyl (C=O) groups is 2.